The fraction of sp³-hybridized carbons (Fsp3) is 0.333. The molecule has 0 unspecified atom stereocenters. The van der Waals surface area contributed by atoms with Crippen molar-refractivity contribution in [1.82, 2.24) is 4.98 Å². The quantitative estimate of drug-likeness (QED) is 0.607. The van der Waals surface area contributed by atoms with Gasteiger partial charge in [-0.05, 0) is 11.6 Å². The average molecular weight is 271 g/mol. The van der Waals surface area contributed by atoms with Crippen molar-refractivity contribution in [3.63, 3.8) is 0 Å². The zero-order valence-electron chi connectivity index (χ0n) is 8.02. The van der Waals surface area contributed by atoms with E-state index in [1.165, 1.54) is 6.07 Å². The predicted molar refractivity (Wildman–Crippen MR) is 48.5 cm³/mol. The average Bonchev–Trinajstić information content (AvgIpc) is 2.25. The van der Waals surface area contributed by atoms with Crippen molar-refractivity contribution in [3.05, 3.63) is 28.6 Å². The molecule has 0 aliphatic heterocycles. The van der Waals surface area contributed by atoms with E-state index in [2.05, 4.69) is 4.98 Å². The summed E-state index contributed by atoms with van der Waals surface area (Å²) >= 11 is 5.26. The van der Waals surface area contributed by atoms with Crippen LogP contribution in [0.5, 0.6) is 0 Å². The van der Waals surface area contributed by atoms with Gasteiger partial charge in [0.25, 0.3) is 6.43 Å². The highest BCUT2D eigenvalue weighted by Gasteiger charge is 2.39. The summed E-state index contributed by atoms with van der Waals surface area (Å²) in [6.07, 6.45) is -8.42. The van der Waals surface area contributed by atoms with E-state index in [-0.39, 0.29) is 0 Å². The summed E-state index contributed by atoms with van der Waals surface area (Å²) in [6, 6.07) is 2.16. The summed E-state index contributed by atoms with van der Waals surface area (Å²) in [5.74, 6) is -0.633. The molecule has 0 fully saturated rings. The van der Waals surface area contributed by atoms with Crippen molar-refractivity contribution >= 4 is 11.6 Å². The van der Waals surface area contributed by atoms with Crippen LogP contribution in [0, 0.1) is 11.3 Å². The van der Waals surface area contributed by atoms with E-state index in [9.17, 15) is 22.0 Å². The highest BCUT2D eigenvalue weighted by Crippen LogP contribution is 2.38. The van der Waals surface area contributed by atoms with Crippen molar-refractivity contribution in [1.29, 1.82) is 5.26 Å². The van der Waals surface area contributed by atoms with E-state index in [0.717, 1.165) is 6.07 Å². The zero-order valence-corrected chi connectivity index (χ0v) is 8.78. The Kier molecular flexibility index (Phi) is 3.88. The zero-order chi connectivity index (χ0) is 13.2. The third-order valence-corrected chi connectivity index (χ3v) is 2.17. The van der Waals surface area contributed by atoms with Crippen LogP contribution in [-0.4, -0.2) is 4.98 Å². The van der Waals surface area contributed by atoms with Gasteiger partial charge >= 0.3 is 6.18 Å². The first kappa shape index (κ1) is 13.6. The maximum atomic E-state index is 12.6. The molecule has 0 saturated carbocycles. The highest BCUT2D eigenvalue weighted by molar-refractivity contribution is 6.17. The molecule has 0 aliphatic carbocycles. The van der Waals surface area contributed by atoms with Gasteiger partial charge in [-0.1, -0.05) is 0 Å². The molecule has 1 aromatic rings. The Morgan fingerprint density at radius 1 is 1.41 bits per heavy atom. The summed E-state index contributed by atoms with van der Waals surface area (Å²) in [6.45, 7) is 0. The minimum Gasteiger partial charge on any atom is -0.235 e. The van der Waals surface area contributed by atoms with Crippen molar-refractivity contribution in [2.75, 3.05) is 0 Å². The van der Waals surface area contributed by atoms with E-state index in [4.69, 9.17) is 16.9 Å². The SMILES string of the molecule is N#Cc1cc(CCl)c(C(F)(F)F)c(C(F)F)n1. The van der Waals surface area contributed by atoms with Gasteiger partial charge in [0.05, 0.1) is 5.56 Å². The highest BCUT2D eigenvalue weighted by atomic mass is 35.5. The first-order valence-electron chi connectivity index (χ1n) is 4.16. The number of hydrogen-bond donors (Lipinski definition) is 0. The second-order valence-corrected chi connectivity index (χ2v) is 3.24. The maximum absolute atomic E-state index is 12.6. The Hall–Kier alpha value is -1.42. The molecule has 0 radical (unpaired) electrons. The van der Waals surface area contributed by atoms with Crippen LogP contribution in [0.25, 0.3) is 0 Å². The molecule has 2 nitrogen and oxygen atoms in total. The number of nitriles is 1. The van der Waals surface area contributed by atoms with E-state index < -0.39 is 41.0 Å². The van der Waals surface area contributed by atoms with Crippen LogP contribution in [0.1, 0.15) is 28.9 Å². The third kappa shape index (κ3) is 2.82. The fourth-order valence-corrected chi connectivity index (χ4v) is 1.48. The minimum atomic E-state index is -4.99. The standard InChI is InChI=1S/C9H4ClF5N2/c10-2-4-1-5(3-16)17-7(8(11)12)6(4)9(13,14)15/h1,8H,2H2. The van der Waals surface area contributed by atoms with Crippen LogP contribution in [0.15, 0.2) is 6.07 Å². The molecule has 0 saturated heterocycles. The summed E-state index contributed by atoms with van der Waals surface area (Å²) in [7, 11) is 0. The van der Waals surface area contributed by atoms with Gasteiger partial charge in [0.2, 0.25) is 0 Å². The fourth-order valence-electron chi connectivity index (χ4n) is 1.27. The second kappa shape index (κ2) is 4.84. The number of nitrogens with zero attached hydrogens (tertiary/aromatic N) is 2. The maximum Gasteiger partial charge on any atom is 0.418 e. The second-order valence-electron chi connectivity index (χ2n) is 2.97. The number of aromatic nitrogens is 1. The number of alkyl halides is 6. The van der Waals surface area contributed by atoms with Gasteiger partial charge in [-0.3, -0.25) is 0 Å². The van der Waals surface area contributed by atoms with E-state index >= 15 is 0 Å². The van der Waals surface area contributed by atoms with Gasteiger partial charge in [-0.25, -0.2) is 13.8 Å². The Morgan fingerprint density at radius 3 is 2.35 bits per heavy atom. The van der Waals surface area contributed by atoms with Crippen molar-refractivity contribution in [2.24, 2.45) is 0 Å². The molecule has 0 spiro atoms. The van der Waals surface area contributed by atoms with Gasteiger partial charge in [-0.2, -0.15) is 18.4 Å². The van der Waals surface area contributed by atoms with Crippen molar-refractivity contribution < 1.29 is 22.0 Å². The number of pyridine rings is 1. The van der Waals surface area contributed by atoms with E-state index in [0.29, 0.717) is 0 Å². The summed E-state index contributed by atoms with van der Waals surface area (Å²) < 4.78 is 62.7. The lowest BCUT2D eigenvalue weighted by Gasteiger charge is -2.15. The number of rotatable bonds is 2. The van der Waals surface area contributed by atoms with Gasteiger partial charge in [0, 0.05) is 5.88 Å². The summed E-state index contributed by atoms with van der Waals surface area (Å²) in [5, 5.41) is 8.48. The van der Waals surface area contributed by atoms with Gasteiger partial charge in [-0.15, -0.1) is 11.6 Å². The molecule has 0 atom stereocenters. The summed E-state index contributed by atoms with van der Waals surface area (Å²) in [5.41, 5.74) is -4.14. The van der Waals surface area contributed by atoms with Crippen LogP contribution in [0.2, 0.25) is 0 Å². The molecule has 0 aliphatic rings. The smallest absolute Gasteiger partial charge is 0.235 e. The van der Waals surface area contributed by atoms with Gasteiger partial charge in [0.1, 0.15) is 17.5 Å². The lowest BCUT2D eigenvalue weighted by atomic mass is 10.1. The van der Waals surface area contributed by atoms with Crippen LogP contribution < -0.4 is 0 Å². The molecule has 0 aromatic carbocycles. The third-order valence-electron chi connectivity index (χ3n) is 1.88. The van der Waals surface area contributed by atoms with Gasteiger partial charge in [0.15, 0.2) is 0 Å². The van der Waals surface area contributed by atoms with Crippen LogP contribution in [0.3, 0.4) is 0 Å². The lowest BCUT2D eigenvalue weighted by molar-refractivity contribution is -0.140. The lowest BCUT2D eigenvalue weighted by Crippen LogP contribution is -2.15. The monoisotopic (exact) mass is 270 g/mol. The Labute approximate surface area is 97.6 Å². The molecule has 17 heavy (non-hydrogen) atoms. The number of hydrogen-bond acceptors (Lipinski definition) is 2. The Morgan fingerprint density at radius 2 is 2.00 bits per heavy atom. The molecule has 0 N–H and O–H groups in total. The molecule has 1 aromatic heterocycles. The molecule has 8 heteroatoms. The Bertz CT molecular complexity index is 464. The molecular formula is C9H4ClF5N2. The molecule has 0 amide bonds. The van der Waals surface area contributed by atoms with Crippen molar-refractivity contribution in [3.8, 4) is 6.07 Å². The molecule has 1 heterocycles. The first-order valence-corrected chi connectivity index (χ1v) is 4.70. The van der Waals surface area contributed by atoms with Crippen LogP contribution in [0.4, 0.5) is 22.0 Å². The van der Waals surface area contributed by atoms with Crippen LogP contribution in [-0.2, 0) is 12.1 Å². The van der Waals surface area contributed by atoms with Gasteiger partial charge < -0.3 is 0 Å². The first-order chi connectivity index (χ1) is 7.81. The Balaban J connectivity index is 3.60. The molecule has 1 rings (SSSR count). The molecule has 0 bridgehead atoms. The van der Waals surface area contributed by atoms with E-state index in [1.54, 1.807) is 0 Å². The van der Waals surface area contributed by atoms with Crippen molar-refractivity contribution in [2.45, 2.75) is 18.5 Å². The van der Waals surface area contributed by atoms with E-state index in [1.807, 2.05) is 0 Å². The largest absolute Gasteiger partial charge is 0.418 e. The van der Waals surface area contributed by atoms with Crippen LogP contribution >= 0.6 is 11.6 Å². The molecular weight excluding hydrogens is 267 g/mol. The molecule has 92 valence electrons. The topological polar surface area (TPSA) is 36.7 Å². The normalized spacial score (nSPS) is 11.6. The number of halogens is 6. The predicted octanol–water partition coefficient (Wildman–Crippen LogP) is 3.65. The minimum absolute atomic E-state index is 0.524. The summed E-state index contributed by atoms with van der Waals surface area (Å²) in [4.78, 5) is 2.98.